The summed E-state index contributed by atoms with van der Waals surface area (Å²) in [4.78, 5) is 15.2. The van der Waals surface area contributed by atoms with Crippen molar-refractivity contribution in [2.45, 2.75) is 38.1 Å². The molecule has 2 aliphatic rings. The molecule has 3 heterocycles. The largest absolute Gasteiger partial charge is 0.493 e. The Kier molecular flexibility index (Phi) is 8.21. The van der Waals surface area contributed by atoms with Gasteiger partial charge >= 0.3 is 0 Å². The summed E-state index contributed by atoms with van der Waals surface area (Å²) in [5.41, 5.74) is 3.67. The Morgan fingerprint density at radius 2 is 1.80 bits per heavy atom. The maximum absolute atomic E-state index is 11.5. The SMILES string of the molecule is COc1cc(Cc2c(-c3ccc(OC[C@H]4CCC(=O)N4)cc3)sc3ccccc23)ccc1OCCN1CCCC1. The number of thiophene rings is 1. The molecule has 1 atom stereocenters. The van der Waals surface area contributed by atoms with E-state index >= 15 is 0 Å². The predicted molar refractivity (Wildman–Crippen MR) is 161 cm³/mol. The number of hydrogen-bond donors (Lipinski definition) is 1. The van der Waals surface area contributed by atoms with Gasteiger partial charge < -0.3 is 19.5 Å². The third-order valence-electron chi connectivity index (χ3n) is 7.82. The minimum Gasteiger partial charge on any atom is -0.493 e. The first-order valence-corrected chi connectivity index (χ1v) is 15.0. The van der Waals surface area contributed by atoms with Gasteiger partial charge in [0.25, 0.3) is 0 Å². The standard InChI is InChI=1S/C33H36N2O4S/c1-37-30-21-23(8-14-29(30)38-19-18-35-16-4-5-17-35)20-28-27-6-2-3-7-31(27)40-33(28)24-9-12-26(13-10-24)39-22-25-11-15-32(36)34-25/h2-3,6-10,12-14,21,25H,4-5,11,15-20,22H2,1H3,(H,34,36)/t25-/m1/s1. The number of ether oxygens (including phenoxy) is 3. The highest BCUT2D eigenvalue weighted by atomic mass is 32.1. The van der Waals surface area contributed by atoms with Gasteiger partial charge in [0.1, 0.15) is 19.0 Å². The monoisotopic (exact) mass is 556 g/mol. The van der Waals surface area contributed by atoms with E-state index in [0.717, 1.165) is 36.6 Å². The highest BCUT2D eigenvalue weighted by Crippen LogP contribution is 2.41. The molecule has 6 nitrogen and oxygen atoms in total. The van der Waals surface area contributed by atoms with Crippen molar-refractivity contribution < 1.29 is 19.0 Å². The fraction of sp³-hybridized carbons (Fsp3) is 0.364. The van der Waals surface area contributed by atoms with Crippen molar-refractivity contribution in [2.75, 3.05) is 40.0 Å². The van der Waals surface area contributed by atoms with Gasteiger partial charge in [0.2, 0.25) is 5.91 Å². The van der Waals surface area contributed by atoms with Gasteiger partial charge in [0.05, 0.1) is 13.2 Å². The van der Waals surface area contributed by atoms with E-state index in [1.807, 2.05) is 29.5 Å². The molecular formula is C33H36N2O4S. The second kappa shape index (κ2) is 12.3. The molecule has 2 fully saturated rings. The number of nitrogens with zero attached hydrogens (tertiary/aromatic N) is 1. The fourth-order valence-electron chi connectivity index (χ4n) is 5.65. The third-order valence-corrected chi connectivity index (χ3v) is 9.09. The van der Waals surface area contributed by atoms with Crippen molar-refractivity contribution in [2.24, 2.45) is 0 Å². The van der Waals surface area contributed by atoms with E-state index in [9.17, 15) is 4.79 Å². The molecule has 2 aliphatic heterocycles. The highest BCUT2D eigenvalue weighted by Gasteiger charge is 2.21. The molecule has 0 unspecified atom stereocenters. The minimum absolute atomic E-state index is 0.0974. The molecule has 0 spiro atoms. The summed E-state index contributed by atoms with van der Waals surface area (Å²) in [6.07, 6.45) is 4.79. The molecule has 1 N–H and O–H groups in total. The molecule has 40 heavy (non-hydrogen) atoms. The van der Waals surface area contributed by atoms with Crippen LogP contribution in [-0.2, 0) is 11.2 Å². The fourth-order valence-corrected chi connectivity index (χ4v) is 6.87. The Bertz CT molecular complexity index is 1460. The maximum Gasteiger partial charge on any atom is 0.220 e. The van der Waals surface area contributed by atoms with Crippen molar-refractivity contribution in [1.29, 1.82) is 0 Å². The molecule has 3 aromatic carbocycles. The number of likely N-dealkylation sites (tertiary alicyclic amines) is 1. The lowest BCUT2D eigenvalue weighted by Gasteiger charge is -2.17. The predicted octanol–water partition coefficient (Wildman–Crippen LogP) is 6.30. The summed E-state index contributed by atoms with van der Waals surface area (Å²) in [6, 6.07) is 23.3. The number of nitrogens with one attached hydrogen (secondary N) is 1. The molecule has 2 saturated heterocycles. The quantitative estimate of drug-likeness (QED) is 0.235. The zero-order valence-electron chi connectivity index (χ0n) is 23.0. The van der Waals surface area contributed by atoms with E-state index in [4.69, 9.17) is 14.2 Å². The second-order valence-corrected chi connectivity index (χ2v) is 11.7. The summed E-state index contributed by atoms with van der Waals surface area (Å²) in [7, 11) is 1.71. The molecule has 0 saturated carbocycles. The summed E-state index contributed by atoms with van der Waals surface area (Å²) < 4.78 is 19.1. The highest BCUT2D eigenvalue weighted by molar-refractivity contribution is 7.22. The van der Waals surface area contributed by atoms with Gasteiger partial charge in [0, 0.05) is 22.5 Å². The van der Waals surface area contributed by atoms with Crippen molar-refractivity contribution >= 4 is 27.3 Å². The molecule has 0 bridgehead atoms. The van der Waals surface area contributed by atoms with Gasteiger partial charge in [-0.15, -0.1) is 11.3 Å². The topological polar surface area (TPSA) is 60.0 Å². The number of benzene rings is 3. The van der Waals surface area contributed by atoms with Crippen LogP contribution in [0.2, 0.25) is 0 Å². The average Bonchev–Trinajstić information content (AvgIpc) is 3.74. The smallest absolute Gasteiger partial charge is 0.220 e. The maximum atomic E-state index is 11.5. The molecule has 0 radical (unpaired) electrons. The van der Waals surface area contributed by atoms with Crippen molar-refractivity contribution in [3.8, 4) is 27.7 Å². The molecule has 7 heteroatoms. The van der Waals surface area contributed by atoms with Crippen LogP contribution in [0.5, 0.6) is 17.2 Å². The summed E-state index contributed by atoms with van der Waals surface area (Å²) >= 11 is 1.82. The van der Waals surface area contributed by atoms with Crippen LogP contribution >= 0.6 is 11.3 Å². The van der Waals surface area contributed by atoms with E-state index in [2.05, 4.69) is 58.7 Å². The van der Waals surface area contributed by atoms with Gasteiger partial charge in [0.15, 0.2) is 11.5 Å². The Morgan fingerprint density at radius 3 is 2.58 bits per heavy atom. The lowest BCUT2D eigenvalue weighted by molar-refractivity contribution is -0.119. The molecule has 0 aliphatic carbocycles. The average molecular weight is 557 g/mol. The van der Waals surface area contributed by atoms with Crippen molar-refractivity contribution in [3.63, 3.8) is 0 Å². The van der Waals surface area contributed by atoms with Gasteiger partial charge in [-0.3, -0.25) is 9.69 Å². The van der Waals surface area contributed by atoms with Crippen LogP contribution in [0.15, 0.2) is 66.7 Å². The first-order chi connectivity index (χ1) is 19.7. The van der Waals surface area contributed by atoms with Crippen LogP contribution in [0, 0.1) is 0 Å². The number of amides is 1. The molecule has 6 rings (SSSR count). The van der Waals surface area contributed by atoms with Crippen molar-refractivity contribution in [1.82, 2.24) is 10.2 Å². The van der Waals surface area contributed by atoms with Crippen LogP contribution in [-0.4, -0.2) is 56.8 Å². The van der Waals surface area contributed by atoms with Crippen LogP contribution in [0.4, 0.5) is 0 Å². The first-order valence-electron chi connectivity index (χ1n) is 14.2. The summed E-state index contributed by atoms with van der Waals surface area (Å²) in [5, 5.41) is 4.24. The van der Waals surface area contributed by atoms with E-state index in [1.165, 1.54) is 57.6 Å². The number of fused-ring (bicyclic) bond motifs is 1. The Balaban J connectivity index is 1.19. The van der Waals surface area contributed by atoms with Gasteiger partial charge in [-0.25, -0.2) is 0 Å². The molecule has 1 aromatic heterocycles. The molecular weight excluding hydrogens is 520 g/mol. The zero-order valence-corrected chi connectivity index (χ0v) is 23.8. The number of hydrogen-bond acceptors (Lipinski definition) is 6. The van der Waals surface area contributed by atoms with E-state index in [1.54, 1.807) is 7.11 Å². The van der Waals surface area contributed by atoms with Crippen LogP contribution < -0.4 is 19.5 Å². The minimum atomic E-state index is 0.0974. The molecule has 1 amide bonds. The van der Waals surface area contributed by atoms with Gasteiger partial charge in [-0.1, -0.05) is 24.3 Å². The van der Waals surface area contributed by atoms with E-state index in [-0.39, 0.29) is 11.9 Å². The Labute approximate surface area is 239 Å². The van der Waals surface area contributed by atoms with E-state index in [0.29, 0.717) is 19.6 Å². The molecule has 4 aromatic rings. The molecule has 208 valence electrons. The summed E-state index contributed by atoms with van der Waals surface area (Å²) in [6.45, 7) is 4.47. The van der Waals surface area contributed by atoms with E-state index < -0.39 is 0 Å². The van der Waals surface area contributed by atoms with Gasteiger partial charge in [-0.2, -0.15) is 0 Å². The first kappa shape index (κ1) is 26.7. The number of carbonyl (C=O) groups excluding carboxylic acids is 1. The van der Waals surface area contributed by atoms with Crippen LogP contribution in [0.1, 0.15) is 36.8 Å². The van der Waals surface area contributed by atoms with Gasteiger partial charge in [-0.05, 0) is 103 Å². The lowest BCUT2D eigenvalue weighted by atomic mass is 9.98. The van der Waals surface area contributed by atoms with Crippen LogP contribution in [0.25, 0.3) is 20.5 Å². The lowest BCUT2D eigenvalue weighted by Crippen LogP contribution is -2.30. The summed E-state index contributed by atoms with van der Waals surface area (Å²) in [5.74, 6) is 2.50. The normalized spacial score (nSPS) is 17.3. The second-order valence-electron chi connectivity index (χ2n) is 10.6. The zero-order chi connectivity index (χ0) is 27.3. The number of rotatable bonds is 11. The number of carbonyl (C=O) groups is 1. The Morgan fingerprint density at radius 1 is 0.975 bits per heavy atom. The van der Waals surface area contributed by atoms with Crippen molar-refractivity contribution in [3.05, 3.63) is 77.9 Å². The number of methoxy groups -OCH3 is 1. The Hall–Kier alpha value is -3.55. The third kappa shape index (κ3) is 6.11. The van der Waals surface area contributed by atoms with Crippen LogP contribution in [0.3, 0.4) is 0 Å².